The summed E-state index contributed by atoms with van der Waals surface area (Å²) in [7, 11) is -3.55. The molecule has 0 aliphatic carbocycles. The quantitative estimate of drug-likeness (QED) is 0.863. The van der Waals surface area contributed by atoms with E-state index in [1.807, 2.05) is 13.8 Å². The molecule has 1 fully saturated rings. The van der Waals surface area contributed by atoms with E-state index in [1.165, 1.54) is 15.2 Å². The Morgan fingerprint density at radius 1 is 1.40 bits per heavy atom. The Kier molecular flexibility index (Phi) is 4.66. The van der Waals surface area contributed by atoms with Crippen molar-refractivity contribution in [2.24, 2.45) is 0 Å². The average Bonchev–Trinajstić information content (AvgIpc) is 2.82. The lowest BCUT2D eigenvalue weighted by Crippen LogP contribution is -2.40. The van der Waals surface area contributed by atoms with Gasteiger partial charge in [0.15, 0.2) is 5.82 Å². The number of anilines is 1. The van der Waals surface area contributed by atoms with Crippen molar-refractivity contribution in [2.45, 2.75) is 44.2 Å². The van der Waals surface area contributed by atoms with E-state index in [1.54, 1.807) is 0 Å². The van der Waals surface area contributed by atoms with Crippen molar-refractivity contribution >= 4 is 15.8 Å². The summed E-state index contributed by atoms with van der Waals surface area (Å²) in [5, 5.41) is 4.00. The van der Waals surface area contributed by atoms with Gasteiger partial charge < -0.3 is 10.5 Å². The smallest absolute Gasteiger partial charge is 0.248 e. The first-order valence-corrected chi connectivity index (χ1v) is 8.37. The van der Waals surface area contributed by atoms with Gasteiger partial charge in [0.2, 0.25) is 10.0 Å². The lowest BCUT2D eigenvalue weighted by molar-refractivity contribution is 0.0290. The van der Waals surface area contributed by atoms with Crippen molar-refractivity contribution in [3.8, 4) is 0 Å². The van der Waals surface area contributed by atoms with Crippen molar-refractivity contribution in [3.63, 3.8) is 0 Å². The number of nitrogen functional groups attached to an aromatic ring is 1. The number of nitrogens with zero attached hydrogens (tertiary/aromatic N) is 3. The van der Waals surface area contributed by atoms with Crippen LogP contribution in [0, 0.1) is 0 Å². The van der Waals surface area contributed by atoms with Gasteiger partial charge in [0.1, 0.15) is 4.90 Å². The minimum Gasteiger partial charge on any atom is -0.381 e. The third kappa shape index (κ3) is 2.97. The highest BCUT2D eigenvalue weighted by Crippen LogP contribution is 2.25. The molecule has 0 radical (unpaired) electrons. The van der Waals surface area contributed by atoms with E-state index < -0.39 is 10.0 Å². The van der Waals surface area contributed by atoms with Crippen LogP contribution in [0.4, 0.5) is 5.82 Å². The fourth-order valence-electron chi connectivity index (χ4n) is 2.39. The number of hydrogen-bond acceptors (Lipinski definition) is 5. The zero-order valence-electron chi connectivity index (χ0n) is 11.9. The van der Waals surface area contributed by atoms with E-state index in [9.17, 15) is 8.42 Å². The van der Waals surface area contributed by atoms with E-state index in [4.69, 9.17) is 10.5 Å². The zero-order valence-corrected chi connectivity index (χ0v) is 12.8. The molecule has 8 heteroatoms. The summed E-state index contributed by atoms with van der Waals surface area (Å²) < 4.78 is 33.6. The van der Waals surface area contributed by atoms with Crippen LogP contribution in [0.2, 0.25) is 0 Å². The fourth-order valence-corrected chi connectivity index (χ4v) is 3.92. The van der Waals surface area contributed by atoms with Crippen LogP contribution in [-0.2, 0) is 21.3 Å². The number of aryl methyl sites for hydroxylation is 1. The summed E-state index contributed by atoms with van der Waals surface area (Å²) in [6.45, 7) is 6.01. The van der Waals surface area contributed by atoms with Gasteiger partial charge in [-0.15, -0.1) is 0 Å². The number of hydrogen-bond donors (Lipinski definition) is 1. The molecule has 1 saturated heterocycles. The van der Waals surface area contributed by atoms with Crippen molar-refractivity contribution in [1.29, 1.82) is 0 Å². The second kappa shape index (κ2) is 6.11. The highest BCUT2D eigenvalue weighted by atomic mass is 32.2. The Bertz CT molecular complexity index is 547. The van der Waals surface area contributed by atoms with Gasteiger partial charge in [-0.3, -0.25) is 4.68 Å². The van der Waals surface area contributed by atoms with E-state index in [2.05, 4.69) is 5.10 Å². The summed E-state index contributed by atoms with van der Waals surface area (Å²) >= 11 is 0. The van der Waals surface area contributed by atoms with Crippen LogP contribution in [0.15, 0.2) is 11.1 Å². The number of aromatic nitrogens is 2. The molecule has 1 aromatic heterocycles. The van der Waals surface area contributed by atoms with Crippen LogP contribution in [0.25, 0.3) is 0 Å². The molecule has 2 N–H and O–H groups in total. The molecule has 1 aliphatic rings. The minimum atomic E-state index is -3.55. The van der Waals surface area contributed by atoms with Crippen LogP contribution in [0.1, 0.15) is 26.7 Å². The first-order chi connectivity index (χ1) is 9.48. The highest BCUT2D eigenvalue weighted by molar-refractivity contribution is 7.89. The van der Waals surface area contributed by atoms with Crippen molar-refractivity contribution in [3.05, 3.63) is 6.20 Å². The standard InChI is InChI=1S/C12H22N4O3S/c1-3-15-9-11(12(13)14-15)20(17,18)16-7-5-10(6-8-16)19-4-2/h9-10H,3-8H2,1-2H3,(H2,13,14). The third-order valence-corrected chi connectivity index (χ3v) is 5.42. The van der Waals surface area contributed by atoms with Gasteiger partial charge in [0.05, 0.1) is 6.10 Å². The number of sulfonamides is 1. The SMILES string of the molecule is CCOC1CCN(S(=O)(=O)c2cn(CC)nc2N)CC1. The van der Waals surface area contributed by atoms with E-state index in [0.29, 0.717) is 26.2 Å². The zero-order chi connectivity index (χ0) is 14.8. The predicted molar refractivity (Wildman–Crippen MR) is 75.7 cm³/mol. The Hall–Kier alpha value is -1.12. The number of nitrogens with two attached hydrogens (primary N) is 1. The molecule has 1 aliphatic heterocycles. The van der Waals surface area contributed by atoms with Gasteiger partial charge in [0, 0.05) is 32.4 Å². The maximum absolute atomic E-state index is 12.6. The number of rotatable bonds is 5. The lowest BCUT2D eigenvalue weighted by atomic mass is 10.1. The molecule has 1 aromatic rings. The molecule has 0 atom stereocenters. The van der Waals surface area contributed by atoms with Crippen LogP contribution in [0.5, 0.6) is 0 Å². The van der Waals surface area contributed by atoms with E-state index in [-0.39, 0.29) is 16.8 Å². The molecule has 0 unspecified atom stereocenters. The van der Waals surface area contributed by atoms with Gasteiger partial charge >= 0.3 is 0 Å². The van der Waals surface area contributed by atoms with Crippen molar-refractivity contribution in [2.75, 3.05) is 25.4 Å². The molecule has 0 bridgehead atoms. The van der Waals surface area contributed by atoms with Gasteiger partial charge in [-0.2, -0.15) is 9.40 Å². The Balaban J connectivity index is 2.13. The molecular formula is C12H22N4O3S. The monoisotopic (exact) mass is 302 g/mol. The summed E-state index contributed by atoms with van der Waals surface area (Å²) in [4.78, 5) is 0.106. The van der Waals surface area contributed by atoms with Gasteiger partial charge in [-0.25, -0.2) is 8.42 Å². The molecule has 0 aromatic carbocycles. The predicted octanol–water partition coefficient (Wildman–Crippen LogP) is 0.675. The summed E-state index contributed by atoms with van der Waals surface area (Å²) in [5.74, 6) is 0.0683. The molecule has 0 amide bonds. The highest BCUT2D eigenvalue weighted by Gasteiger charge is 2.32. The molecule has 20 heavy (non-hydrogen) atoms. The van der Waals surface area contributed by atoms with Crippen LogP contribution < -0.4 is 5.73 Å². The van der Waals surface area contributed by atoms with Crippen molar-refractivity contribution in [1.82, 2.24) is 14.1 Å². The Morgan fingerprint density at radius 2 is 2.05 bits per heavy atom. The third-order valence-electron chi connectivity index (χ3n) is 3.50. The Morgan fingerprint density at radius 3 is 2.55 bits per heavy atom. The van der Waals surface area contributed by atoms with Gasteiger partial charge in [-0.1, -0.05) is 0 Å². The second-order valence-corrected chi connectivity index (χ2v) is 6.70. The normalized spacial score (nSPS) is 18.5. The summed E-state index contributed by atoms with van der Waals surface area (Å²) in [6.07, 6.45) is 3.09. The first-order valence-electron chi connectivity index (χ1n) is 6.93. The lowest BCUT2D eigenvalue weighted by Gasteiger charge is -2.30. The molecule has 2 rings (SSSR count). The molecule has 7 nitrogen and oxygen atoms in total. The van der Waals surface area contributed by atoms with E-state index in [0.717, 1.165) is 12.8 Å². The molecule has 0 saturated carbocycles. The summed E-state index contributed by atoms with van der Waals surface area (Å²) in [5.41, 5.74) is 5.72. The second-order valence-electron chi connectivity index (χ2n) is 4.79. The topological polar surface area (TPSA) is 90.5 Å². The Labute approximate surface area is 119 Å². The minimum absolute atomic E-state index is 0.0683. The molecule has 0 spiro atoms. The van der Waals surface area contributed by atoms with Crippen LogP contribution in [0.3, 0.4) is 0 Å². The van der Waals surface area contributed by atoms with Gasteiger partial charge in [-0.05, 0) is 26.7 Å². The fraction of sp³-hybridized carbons (Fsp3) is 0.750. The maximum Gasteiger partial charge on any atom is 0.248 e. The molecule has 2 heterocycles. The largest absolute Gasteiger partial charge is 0.381 e. The molecular weight excluding hydrogens is 280 g/mol. The van der Waals surface area contributed by atoms with Crippen LogP contribution in [-0.4, -0.2) is 48.3 Å². The number of ether oxygens (including phenoxy) is 1. The first kappa shape index (κ1) is 15.3. The van der Waals surface area contributed by atoms with Crippen LogP contribution >= 0.6 is 0 Å². The van der Waals surface area contributed by atoms with Gasteiger partial charge in [0.25, 0.3) is 0 Å². The van der Waals surface area contributed by atoms with Crippen molar-refractivity contribution < 1.29 is 13.2 Å². The molecule has 114 valence electrons. The average molecular weight is 302 g/mol. The number of piperidine rings is 1. The maximum atomic E-state index is 12.6. The van der Waals surface area contributed by atoms with E-state index >= 15 is 0 Å². The summed E-state index contributed by atoms with van der Waals surface area (Å²) in [6, 6.07) is 0.